The Balaban J connectivity index is 2.29. The Morgan fingerprint density at radius 3 is 2.76 bits per heavy atom. The summed E-state index contributed by atoms with van der Waals surface area (Å²) in [6, 6.07) is 3.45. The minimum atomic E-state index is -0.399. The topological polar surface area (TPSA) is 24.5 Å². The SMILES string of the molecule is C=CC[C@@H](c1cc(F)c(OCC)c(Cl)c1)N1CCNCC1. The number of benzene rings is 1. The highest BCUT2D eigenvalue weighted by molar-refractivity contribution is 6.32. The molecule has 1 heterocycles. The summed E-state index contributed by atoms with van der Waals surface area (Å²) in [4.78, 5) is 2.34. The third kappa shape index (κ3) is 3.96. The molecule has 21 heavy (non-hydrogen) atoms. The van der Waals surface area contributed by atoms with Crippen molar-refractivity contribution in [2.24, 2.45) is 0 Å². The Labute approximate surface area is 130 Å². The Morgan fingerprint density at radius 2 is 2.19 bits per heavy atom. The first-order valence-corrected chi connectivity index (χ1v) is 7.72. The van der Waals surface area contributed by atoms with Gasteiger partial charge in [-0.2, -0.15) is 0 Å². The van der Waals surface area contributed by atoms with Gasteiger partial charge in [-0.1, -0.05) is 17.7 Å². The van der Waals surface area contributed by atoms with Crippen LogP contribution in [0.4, 0.5) is 4.39 Å². The van der Waals surface area contributed by atoms with Crippen LogP contribution in [0.5, 0.6) is 5.75 Å². The molecule has 1 aliphatic heterocycles. The minimum Gasteiger partial charge on any atom is -0.489 e. The van der Waals surface area contributed by atoms with Crippen LogP contribution in [0.3, 0.4) is 0 Å². The summed E-state index contributed by atoms with van der Waals surface area (Å²) in [7, 11) is 0. The van der Waals surface area contributed by atoms with Crippen molar-refractivity contribution in [2.45, 2.75) is 19.4 Å². The number of hydrogen-bond donors (Lipinski definition) is 1. The van der Waals surface area contributed by atoms with Crippen molar-refractivity contribution in [3.8, 4) is 5.75 Å². The van der Waals surface area contributed by atoms with Crippen LogP contribution in [-0.4, -0.2) is 37.7 Å². The smallest absolute Gasteiger partial charge is 0.173 e. The van der Waals surface area contributed by atoms with E-state index >= 15 is 0 Å². The van der Waals surface area contributed by atoms with Gasteiger partial charge in [-0.25, -0.2) is 4.39 Å². The zero-order valence-corrected chi connectivity index (χ0v) is 13.1. The zero-order chi connectivity index (χ0) is 15.2. The maximum Gasteiger partial charge on any atom is 0.173 e. The van der Waals surface area contributed by atoms with Crippen molar-refractivity contribution >= 4 is 11.6 Å². The number of nitrogens with zero attached hydrogens (tertiary/aromatic N) is 1. The summed E-state index contributed by atoms with van der Waals surface area (Å²) in [6.45, 7) is 9.78. The molecule has 0 aromatic heterocycles. The summed E-state index contributed by atoms with van der Waals surface area (Å²) in [5, 5.41) is 3.65. The van der Waals surface area contributed by atoms with Gasteiger partial charge in [0.1, 0.15) is 0 Å². The number of ether oxygens (including phenoxy) is 1. The maximum absolute atomic E-state index is 14.2. The van der Waals surface area contributed by atoms with Crippen LogP contribution in [0.1, 0.15) is 24.9 Å². The van der Waals surface area contributed by atoms with E-state index in [9.17, 15) is 4.39 Å². The fourth-order valence-corrected chi connectivity index (χ4v) is 2.97. The lowest BCUT2D eigenvalue weighted by molar-refractivity contribution is 0.174. The van der Waals surface area contributed by atoms with Crippen molar-refractivity contribution in [3.05, 3.63) is 41.2 Å². The molecule has 5 heteroatoms. The van der Waals surface area contributed by atoms with E-state index < -0.39 is 5.82 Å². The lowest BCUT2D eigenvalue weighted by Gasteiger charge is -2.35. The molecule has 1 aromatic rings. The molecular formula is C16H22ClFN2O. The Kier molecular flexibility index (Phi) is 6.03. The van der Waals surface area contributed by atoms with Crippen molar-refractivity contribution in [1.29, 1.82) is 0 Å². The van der Waals surface area contributed by atoms with Gasteiger partial charge in [0.2, 0.25) is 0 Å². The molecule has 0 saturated carbocycles. The average molecular weight is 313 g/mol. The summed E-state index contributed by atoms with van der Waals surface area (Å²) in [6.07, 6.45) is 2.64. The lowest BCUT2D eigenvalue weighted by atomic mass is 10.0. The molecule has 1 N–H and O–H groups in total. The molecule has 2 rings (SSSR count). The van der Waals surface area contributed by atoms with Gasteiger partial charge in [-0.3, -0.25) is 4.90 Å². The molecule has 0 spiro atoms. The molecule has 0 aliphatic carbocycles. The summed E-state index contributed by atoms with van der Waals surface area (Å²) in [5.74, 6) is -0.260. The zero-order valence-electron chi connectivity index (χ0n) is 12.4. The Bertz CT molecular complexity index is 466. The van der Waals surface area contributed by atoms with E-state index in [1.54, 1.807) is 0 Å². The van der Waals surface area contributed by atoms with E-state index in [1.165, 1.54) is 6.07 Å². The van der Waals surface area contributed by atoms with Gasteiger partial charge in [0, 0.05) is 32.2 Å². The summed E-state index contributed by atoms with van der Waals surface area (Å²) < 4.78 is 19.5. The second-order valence-corrected chi connectivity index (χ2v) is 5.48. The largest absolute Gasteiger partial charge is 0.489 e. The molecule has 0 unspecified atom stereocenters. The van der Waals surface area contributed by atoms with Crippen molar-refractivity contribution in [1.82, 2.24) is 10.2 Å². The van der Waals surface area contributed by atoms with Gasteiger partial charge in [0.15, 0.2) is 11.6 Å². The predicted molar refractivity (Wildman–Crippen MR) is 84.6 cm³/mol. The standard InChI is InChI=1S/C16H22ClFN2O/c1-3-5-15(20-8-6-19-7-9-20)12-10-13(17)16(21-4-2)14(18)11-12/h3,10-11,15,19H,1,4-9H2,2H3/t15-/m0/s1. The monoisotopic (exact) mass is 312 g/mol. The third-order valence-electron chi connectivity index (χ3n) is 3.68. The second-order valence-electron chi connectivity index (χ2n) is 5.07. The van der Waals surface area contributed by atoms with Crippen LogP contribution < -0.4 is 10.1 Å². The highest BCUT2D eigenvalue weighted by Crippen LogP contribution is 2.34. The average Bonchev–Trinajstić information content (AvgIpc) is 2.49. The highest BCUT2D eigenvalue weighted by atomic mass is 35.5. The van der Waals surface area contributed by atoms with Gasteiger partial charge in [-0.05, 0) is 31.0 Å². The van der Waals surface area contributed by atoms with Crippen LogP contribution >= 0.6 is 11.6 Å². The minimum absolute atomic E-state index is 0.104. The lowest BCUT2D eigenvalue weighted by Crippen LogP contribution is -2.45. The first-order valence-electron chi connectivity index (χ1n) is 7.34. The Morgan fingerprint density at radius 1 is 1.48 bits per heavy atom. The number of hydrogen-bond acceptors (Lipinski definition) is 3. The molecule has 0 radical (unpaired) electrons. The number of halogens is 2. The first kappa shape index (κ1) is 16.3. The molecule has 116 valence electrons. The van der Waals surface area contributed by atoms with E-state index in [-0.39, 0.29) is 11.8 Å². The third-order valence-corrected chi connectivity index (χ3v) is 3.96. The number of piperazine rings is 1. The number of nitrogens with one attached hydrogen (secondary N) is 1. The van der Waals surface area contributed by atoms with Crippen LogP contribution in [0, 0.1) is 5.82 Å². The Hall–Kier alpha value is -1.10. The molecule has 0 amide bonds. The maximum atomic E-state index is 14.2. The van der Waals surface area contributed by atoms with E-state index in [2.05, 4.69) is 16.8 Å². The molecule has 1 atom stereocenters. The molecule has 1 aliphatic rings. The first-order chi connectivity index (χ1) is 10.2. The quantitative estimate of drug-likeness (QED) is 0.815. The fraction of sp³-hybridized carbons (Fsp3) is 0.500. The van der Waals surface area contributed by atoms with Crippen molar-refractivity contribution in [2.75, 3.05) is 32.8 Å². The molecule has 1 fully saturated rings. The van der Waals surface area contributed by atoms with Gasteiger partial charge in [0.05, 0.1) is 11.6 Å². The predicted octanol–water partition coefficient (Wildman–Crippen LogP) is 3.40. The van der Waals surface area contributed by atoms with E-state index in [4.69, 9.17) is 16.3 Å². The van der Waals surface area contributed by atoms with Crippen LogP contribution in [-0.2, 0) is 0 Å². The van der Waals surface area contributed by atoms with Crippen LogP contribution in [0.15, 0.2) is 24.8 Å². The van der Waals surface area contributed by atoms with Gasteiger partial charge in [0.25, 0.3) is 0 Å². The number of rotatable bonds is 6. The van der Waals surface area contributed by atoms with E-state index in [1.807, 2.05) is 19.1 Å². The van der Waals surface area contributed by atoms with Crippen molar-refractivity contribution < 1.29 is 9.13 Å². The molecule has 3 nitrogen and oxygen atoms in total. The summed E-state index contributed by atoms with van der Waals surface area (Å²) >= 11 is 6.17. The van der Waals surface area contributed by atoms with Gasteiger partial charge >= 0.3 is 0 Å². The van der Waals surface area contributed by atoms with Gasteiger partial charge in [-0.15, -0.1) is 6.58 Å². The second kappa shape index (κ2) is 7.78. The highest BCUT2D eigenvalue weighted by Gasteiger charge is 2.23. The van der Waals surface area contributed by atoms with E-state index in [0.717, 1.165) is 38.2 Å². The summed E-state index contributed by atoms with van der Waals surface area (Å²) in [5.41, 5.74) is 0.878. The normalized spacial score (nSPS) is 17.5. The molecule has 1 aromatic carbocycles. The van der Waals surface area contributed by atoms with Crippen LogP contribution in [0.2, 0.25) is 5.02 Å². The molecule has 1 saturated heterocycles. The van der Waals surface area contributed by atoms with Gasteiger partial charge < -0.3 is 10.1 Å². The van der Waals surface area contributed by atoms with Crippen LogP contribution in [0.25, 0.3) is 0 Å². The fourth-order valence-electron chi connectivity index (χ4n) is 2.70. The molecular weight excluding hydrogens is 291 g/mol. The van der Waals surface area contributed by atoms with Crippen molar-refractivity contribution in [3.63, 3.8) is 0 Å². The van der Waals surface area contributed by atoms with E-state index in [0.29, 0.717) is 11.6 Å². The molecule has 0 bridgehead atoms.